The standard InChI is InChI=1S/C24H27N5O4S/c1-33-20-5-7-21(8-6-20)34(31,32)28-22-15-19(4-9-23(22)29-13-11-25-12-14-29)24(30)27-17-18-3-2-10-26-16-18/h2-10,15-16,25,28H,11-14,17H2,1H3,(H,27,30). The van der Waals surface area contributed by atoms with E-state index in [1.54, 1.807) is 48.8 Å². The fraction of sp³-hybridized carbons (Fsp3) is 0.250. The van der Waals surface area contributed by atoms with Crippen LogP contribution in [0.15, 0.2) is 71.9 Å². The van der Waals surface area contributed by atoms with Crippen LogP contribution in [0.5, 0.6) is 5.75 Å². The summed E-state index contributed by atoms with van der Waals surface area (Å²) in [7, 11) is -2.36. The number of carbonyl (C=O) groups is 1. The lowest BCUT2D eigenvalue weighted by molar-refractivity contribution is 0.0951. The van der Waals surface area contributed by atoms with Crippen LogP contribution in [-0.2, 0) is 16.6 Å². The van der Waals surface area contributed by atoms with Gasteiger partial charge < -0.3 is 20.3 Å². The minimum absolute atomic E-state index is 0.103. The van der Waals surface area contributed by atoms with Gasteiger partial charge in [-0.1, -0.05) is 6.07 Å². The number of nitrogens with zero attached hydrogens (tertiary/aromatic N) is 2. The van der Waals surface area contributed by atoms with Crippen LogP contribution in [0, 0.1) is 0 Å². The number of carbonyl (C=O) groups excluding carboxylic acids is 1. The second-order valence-electron chi connectivity index (χ2n) is 7.79. The first-order valence-electron chi connectivity index (χ1n) is 10.9. The number of anilines is 2. The van der Waals surface area contributed by atoms with Gasteiger partial charge in [-0.25, -0.2) is 8.42 Å². The van der Waals surface area contributed by atoms with Crippen LogP contribution in [0.2, 0.25) is 0 Å². The monoisotopic (exact) mass is 481 g/mol. The van der Waals surface area contributed by atoms with Crippen LogP contribution in [0.25, 0.3) is 0 Å². The zero-order valence-corrected chi connectivity index (χ0v) is 19.6. The van der Waals surface area contributed by atoms with Gasteiger partial charge in [0.05, 0.1) is 23.4 Å². The summed E-state index contributed by atoms with van der Waals surface area (Å²) in [5.74, 6) is 0.258. The maximum Gasteiger partial charge on any atom is 0.261 e. The molecule has 2 heterocycles. The Hall–Kier alpha value is -3.63. The fourth-order valence-electron chi connectivity index (χ4n) is 3.69. The third kappa shape index (κ3) is 5.64. The highest BCUT2D eigenvalue weighted by molar-refractivity contribution is 7.92. The minimum Gasteiger partial charge on any atom is -0.497 e. The Kier molecular flexibility index (Phi) is 7.29. The largest absolute Gasteiger partial charge is 0.497 e. The average Bonchev–Trinajstić information content (AvgIpc) is 2.88. The third-order valence-corrected chi connectivity index (χ3v) is 6.89. The first-order valence-corrected chi connectivity index (χ1v) is 12.4. The van der Waals surface area contributed by atoms with Gasteiger partial charge in [-0.3, -0.25) is 14.5 Å². The second kappa shape index (κ2) is 10.5. The Labute approximate surface area is 199 Å². The molecule has 0 spiro atoms. The van der Waals surface area contributed by atoms with E-state index in [1.165, 1.54) is 19.2 Å². The van der Waals surface area contributed by atoms with E-state index in [0.717, 1.165) is 37.4 Å². The maximum absolute atomic E-state index is 13.1. The average molecular weight is 482 g/mol. The normalized spacial score (nSPS) is 13.9. The molecule has 3 aromatic rings. The molecule has 2 aromatic carbocycles. The van der Waals surface area contributed by atoms with Gasteiger partial charge in [0.15, 0.2) is 0 Å². The van der Waals surface area contributed by atoms with E-state index in [4.69, 9.17) is 4.74 Å². The zero-order valence-electron chi connectivity index (χ0n) is 18.8. The summed E-state index contributed by atoms with van der Waals surface area (Å²) in [5, 5.41) is 6.14. The van der Waals surface area contributed by atoms with Crippen molar-refractivity contribution in [2.45, 2.75) is 11.4 Å². The smallest absolute Gasteiger partial charge is 0.261 e. The molecule has 0 atom stereocenters. The summed E-state index contributed by atoms with van der Waals surface area (Å²) < 4.78 is 34.1. The van der Waals surface area contributed by atoms with E-state index in [-0.39, 0.29) is 10.8 Å². The molecule has 1 aliphatic rings. The van der Waals surface area contributed by atoms with E-state index in [1.807, 2.05) is 6.07 Å². The fourth-order valence-corrected chi connectivity index (χ4v) is 4.75. The molecule has 1 saturated heterocycles. The number of rotatable bonds is 8. The number of hydrogen-bond acceptors (Lipinski definition) is 7. The predicted octanol–water partition coefficient (Wildman–Crippen LogP) is 2.23. The van der Waals surface area contributed by atoms with Gasteiger partial charge in [-0.15, -0.1) is 0 Å². The molecule has 178 valence electrons. The predicted molar refractivity (Wildman–Crippen MR) is 131 cm³/mol. The van der Waals surface area contributed by atoms with Crippen LogP contribution in [0.1, 0.15) is 15.9 Å². The molecule has 9 nitrogen and oxygen atoms in total. The number of ether oxygens (including phenoxy) is 1. The summed E-state index contributed by atoms with van der Waals surface area (Å²) in [6, 6.07) is 14.9. The molecule has 10 heteroatoms. The van der Waals surface area contributed by atoms with Crippen molar-refractivity contribution >= 4 is 27.3 Å². The molecule has 0 saturated carbocycles. The van der Waals surface area contributed by atoms with Gasteiger partial charge in [-0.2, -0.15) is 0 Å². The number of benzene rings is 2. The van der Waals surface area contributed by atoms with Crippen LogP contribution >= 0.6 is 0 Å². The Morgan fingerprint density at radius 1 is 1.12 bits per heavy atom. The van der Waals surface area contributed by atoms with Crippen molar-refractivity contribution in [1.82, 2.24) is 15.6 Å². The van der Waals surface area contributed by atoms with Gasteiger partial charge in [0.25, 0.3) is 15.9 Å². The summed E-state index contributed by atoms with van der Waals surface area (Å²) in [6.45, 7) is 3.35. The lowest BCUT2D eigenvalue weighted by Crippen LogP contribution is -2.43. The van der Waals surface area contributed by atoms with Crippen molar-refractivity contribution in [2.24, 2.45) is 0 Å². The summed E-state index contributed by atoms with van der Waals surface area (Å²) in [5.41, 5.74) is 2.30. The summed E-state index contributed by atoms with van der Waals surface area (Å²) in [6.07, 6.45) is 3.35. The van der Waals surface area contributed by atoms with Crippen LogP contribution in [-0.4, -0.2) is 52.6 Å². The van der Waals surface area contributed by atoms with Crippen molar-refractivity contribution in [3.8, 4) is 5.75 Å². The third-order valence-electron chi connectivity index (χ3n) is 5.51. The number of pyridine rings is 1. The van der Waals surface area contributed by atoms with Crippen LogP contribution < -0.4 is 25.0 Å². The maximum atomic E-state index is 13.1. The Balaban J connectivity index is 1.61. The van der Waals surface area contributed by atoms with Crippen molar-refractivity contribution in [1.29, 1.82) is 0 Å². The number of nitrogens with one attached hydrogen (secondary N) is 3. The van der Waals surface area contributed by atoms with E-state index < -0.39 is 10.0 Å². The van der Waals surface area contributed by atoms with Crippen LogP contribution in [0.3, 0.4) is 0 Å². The lowest BCUT2D eigenvalue weighted by Gasteiger charge is -2.31. The summed E-state index contributed by atoms with van der Waals surface area (Å²) in [4.78, 5) is 19.1. The molecule has 1 aromatic heterocycles. The topological polar surface area (TPSA) is 113 Å². The molecule has 3 N–H and O–H groups in total. The molecule has 0 unspecified atom stereocenters. The Bertz CT molecular complexity index is 1230. The lowest BCUT2D eigenvalue weighted by atomic mass is 10.1. The van der Waals surface area contributed by atoms with E-state index in [0.29, 0.717) is 23.5 Å². The second-order valence-corrected chi connectivity index (χ2v) is 9.48. The Morgan fingerprint density at radius 3 is 2.56 bits per heavy atom. The van der Waals surface area contributed by atoms with Crippen molar-refractivity contribution < 1.29 is 17.9 Å². The number of hydrogen-bond donors (Lipinski definition) is 3. The van der Waals surface area contributed by atoms with Gasteiger partial charge in [0, 0.05) is 50.7 Å². The van der Waals surface area contributed by atoms with Crippen LogP contribution in [0.4, 0.5) is 11.4 Å². The van der Waals surface area contributed by atoms with Gasteiger partial charge in [0.1, 0.15) is 5.75 Å². The minimum atomic E-state index is -3.89. The highest BCUT2D eigenvalue weighted by Gasteiger charge is 2.21. The molecule has 1 aliphatic heterocycles. The molecule has 0 bridgehead atoms. The van der Waals surface area contributed by atoms with Gasteiger partial charge >= 0.3 is 0 Å². The summed E-state index contributed by atoms with van der Waals surface area (Å²) >= 11 is 0. The molecular formula is C24H27N5O4S. The first-order chi connectivity index (χ1) is 16.5. The van der Waals surface area contributed by atoms with E-state index in [9.17, 15) is 13.2 Å². The van der Waals surface area contributed by atoms with Gasteiger partial charge in [0.2, 0.25) is 0 Å². The molecule has 1 amide bonds. The SMILES string of the molecule is COc1ccc(S(=O)(=O)Nc2cc(C(=O)NCc3cccnc3)ccc2N2CCNCC2)cc1. The number of piperazine rings is 1. The number of sulfonamides is 1. The molecule has 34 heavy (non-hydrogen) atoms. The molecule has 0 radical (unpaired) electrons. The molecule has 0 aliphatic carbocycles. The van der Waals surface area contributed by atoms with E-state index >= 15 is 0 Å². The quantitative estimate of drug-likeness (QED) is 0.452. The van der Waals surface area contributed by atoms with Crippen molar-refractivity contribution in [3.05, 3.63) is 78.1 Å². The molecule has 1 fully saturated rings. The van der Waals surface area contributed by atoms with Gasteiger partial charge in [-0.05, 0) is 54.1 Å². The zero-order chi connectivity index (χ0) is 24.0. The number of aromatic nitrogens is 1. The van der Waals surface area contributed by atoms with E-state index in [2.05, 4.69) is 25.2 Å². The number of amides is 1. The molecule has 4 rings (SSSR count). The highest BCUT2D eigenvalue weighted by Crippen LogP contribution is 2.30. The molecular weight excluding hydrogens is 454 g/mol. The van der Waals surface area contributed by atoms with Crippen molar-refractivity contribution in [3.63, 3.8) is 0 Å². The highest BCUT2D eigenvalue weighted by atomic mass is 32.2. The number of methoxy groups -OCH3 is 1. The first kappa shape index (κ1) is 23.5. The Morgan fingerprint density at radius 2 is 1.88 bits per heavy atom. The van der Waals surface area contributed by atoms with Crippen molar-refractivity contribution in [2.75, 3.05) is 42.9 Å².